The van der Waals surface area contributed by atoms with Crippen molar-refractivity contribution in [1.82, 2.24) is 4.98 Å². The Morgan fingerprint density at radius 2 is 2.14 bits per heavy atom. The molecular weight excluding hydrogens is 182 g/mol. The van der Waals surface area contributed by atoms with Gasteiger partial charge in [0.1, 0.15) is 6.04 Å². The maximum Gasteiger partial charge on any atom is 0.320 e. The van der Waals surface area contributed by atoms with Crippen molar-refractivity contribution in [2.45, 2.75) is 19.0 Å². The molecule has 0 saturated heterocycles. The first-order valence-electron chi connectivity index (χ1n) is 4.24. The highest BCUT2D eigenvalue weighted by molar-refractivity contribution is 5.73. The molecule has 0 unspecified atom stereocenters. The lowest BCUT2D eigenvalue weighted by atomic mass is 10.1. The number of rotatable bonds is 4. The van der Waals surface area contributed by atoms with E-state index in [1.165, 1.54) is 0 Å². The molecule has 0 aromatic carbocycles. The van der Waals surface area contributed by atoms with Crippen LogP contribution in [0.4, 0.5) is 0 Å². The van der Waals surface area contributed by atoms with Crippen LogP contribution in [0.2, 0.25) is 0 Å². The number of nitrogens with two attached hydrogens (primary N) is 2. The quantitative estimate of drug-likeness (QED) is 0.600. The van der Waals surface area contributed by atoms with Crippen LogP contribution in [0.1, 0.15) is 11.1 Å². The lowest BCUT2D eigenvalue weighted by Gasteiger charge is -2.06. The first kappa shape index (κ1) is 10.6. The Hall–Kier alpha value is -1.46. The molecule has 5 N–H and O–H groups in total. The van der Waals surface area contributed by atoms with Crippen molar-refractivity contribution in [3.63, 3.8) is 0 Å². The third-order valence-electron chi connectivity index (χ3n) is 1.86. The molecule has 76 valence electrons. The Morgan fingerprint density at radius 3 is 2.71 bits per heavy atom. The minimum atomic E-state index is -1.01. The highest BCUT2D eigenvalue weighted by Crippen LogP contribution is 2.04. The molecule has 0 radical (unpaired) electrons. The second kappa shape index (κ2) is 4.69. The van der Waals surface area contributed by atoms with Crippen LogP contribution in [0.25, 0.3) is 0 Å². The molecule has 5 nitrogen and oxygen atoms in total. The van der Waals surface area contributed by atoms with Gasteiger partial charge in [-0.25, -0.2) is 0 Å². The first-order valence-corrected chi connectivity index (χ1v) is 4.24. The molecule has 1 heterocycles. The maximum atomic E-state index is 10.5. The molecule has 14 heavy (non-hydrogen) atoms. The van der Waals surface area contributed by atoms with E-state index in [1.54, 1.807) is 12.4 Å². The zero-order valence-electron chi connectivity index (χ0n) is 7.68. The largest absolute Gasteiger partial charge is 0.480 e. The van der Waals surface area contributed by atoms with Gasteiger partial charge in [-0.05, 0) is 17.5 Å². The van der Waals surface area contributed by atoms with E-state index in [-0.39, 0.29) is 6.42 Å². The van der Waals surface area contributed by atoms with Crippen molar-refractivity contribution in [3.05, 3.63) is 29.6 Å². The van der Waals surface area contributed by atoms with Crippen LogP contribution in [0, 0.1) is 0 Å². The second-order valence-electron chi connectivity index (χ2n) is 3.05. The summed E-state index contributed by atoms with van der Waals surface area (Å²) in [6.07, 6.45) is 3.52. The van der Waals surface area contributed by atoms with Crippen LogP contribution in [0.5, 0.6) is 0 Å². The molecule has 1 aromatic heterocycles. The van der Waals surface area contributed by atoms with E-state index in [0.29, 0.717) is 6.54 Å². The first-order chi connectivity index (χ1) is 6.63. The molecule has 1 rings (SSSR count). The van der Waals surface area contributed by atoms with E-state index in [9.17, 15) is 4.79 Å². The number of hydrogen-bond acceptors (Lipinski definition) is 4. The lowest BCUT2D eigenvalue weighted by Crippen LogP contribution is -2.32. The summed E-state index contributed by atoms with van der Waals surface area (Å²) in [6.45, 7) is 0.392. The number of hydrogen-bond donors (Lipinski definition) is 3. The number of pyridine rings is 1. The van der Waals surface area contributed by atoms with Crippen molar-refractivity contribution in [2.75, 3.05) is 0 Å². The summed E-state index contributed by atoms with van der Waals surface area (Å²) in [5.41, 5.74) is 12.5. The lowest BCUT2D eigenvalue weighted by molar-refractivity contribution is -0.138. The fraction of sp³-hybridized carbons (Fsp3) is 0.333. The predicted molar refractivity (Wildman–Crippen MR) is 51.4 cm³/mol. The van der Waals surface area contributed by atoms with Crippen molar-refractivity contribution < 1.29 is 9.90 Å². The maximum absolute atomic E-state index is 10.5. The summed E-state index contributed by atoms with van der Waals surface area (Å²) >= 11 is 0. The van der Waals surface area contributed by atoms with E-state index in [0.717, 1.165) is 11.1 Å². The molecular formula is C9H13N3O2. The molecule has 0 amide bonds. The van der Waals surface area contributed by atoms with Crippen LogP contribution < -0.4 is 11.5 Å². The van der Waals surface area contributed by atoms with Gasteiger partial charge >= 0.3 is 5.97 Å². The zero-order valence-corrected chi connectivity index (χ0v) is 7.68. The summed E-state index contributed by atoms with van der Waals surface area (Å²) < 4.78 is 0. The molecule has 0 fully saturated rings. The number of carboxylic acids is 1. The van der Waals surface area contributed by atoms with Gasteiger partial charge in [-0.2, -0.15) is 0 Å². The standard InChI is InChI=1S/C9H13N3O2/c10-3-7-1-6(4-12-5-7)2-8(11)9(13)14/h1,4-5,8H,2-3,10-11H2,(H,13,14)/t8-/m0/s1. The third kappa shape index (κ3) is 2.79. The Bertz CT molecular complexity index is 328. The van der Waals surface area contributed by atoms with E-state index >= 15 is 0 Å². The van der Waals surface area contributed by atoms with Crippen molar-refractivity contribution in [3.8, 4) is 0 Å². The van der Waals surface area contributed by atoms with E-state index in [2.05, 4.69) is 4.98 Å². The third-order valence-corrected chi connectivity index (χ3v) is 1.86. The van der Waals surface area contributed by atoms with Crippen molar-refractivity contribution in [2.24, 2.45) is 11.5 Å². The van der Waals surface area contributed by atoms with Crippen LogP contribution in [-0.4, -0.2) is 22.1 Å². The van der Waals surface area contributed by atoms with Gasteiger partial charge in [0.25, 0.3) is 0 Å². The number of aromatic nitrogens is 1. The summed E-state index contributed by atoms with van der Waals surface area (Å²) in [7, 11) is 0. The van der Waals surface area contributed by atoms with Gasteiger partial charge in [0.2, 0.25) is 0 Å². The van der Waals surface area contributed by atoms with Gasteiger partial charge in [0.05, 0.1) is 0 Å². The molecule has 0 saturated carbocycles. The Kier molecular flexibility index (Phi) is 3.55. The van der Waals surface area contributed by atoms with Crippen LogP contribution in [0.3, 0.4) is 0 Å². The Morgan fingerprint density at radius 1 is 1.50 bits per heavy atom. The van der Waals surface area contributed by atoms with Gasteiger partial charge in [-0.1, -0.05) is 6.07 Å². The number of carboxylic acid groups (broad SMARTS) is 1. The fourth-order valence-corrected chi connectivity index (χ4v) is 1.11. The predicted octanol–water partition coefficient (Wildman–Crippen LogP) is -0.505. The van der Waals surface area contributed by atoms with E-state index in [4.69, 9.17) is 16.6 Å². The van der Waals surface area contributed by atoms with Gasteiger partial charge < -0.3 is 16.6 Å². The van der Waals surface area contributed by atoms with E-state index < -0.39 is 12.0 Å². The zero-order chi connectivity index (χ0) is 10.6. The van der Waals surface area contributed by atoms with Gasteiger partial charge in [0, 0.05) is 18.9 Å². The van der Waals surface area contributed by atoms with Crippen molar-refractivity contribution in [1.29, 1.82) is 0 Å². The van der Waals surface area contributed by atoms with Gasteiger partial charge in [0.15, 0.2) is 0 Å². The SMILES string of the molecule is NCc1cncc(C[C@H](N)C(=O)O)c1. The van der Waals surface area contributed by atoms with Crippen LogP contribution in [-0.2, 0) is 17.8 Å². The van der Waals surface area contributed by atoms with Crippen molar-refractivity contribution >= 4 is 5.97 Å². The highest BCUT2D eigenvalue weighted by Gasteiger charge is 2.12. The monoisotopic (exact) mass is 195 g/mol. The molecule has 0 aliphatic rings. The van der Waals surface area contributed by atoms with Gasteiger partial charge in [-0.3, -0.25) is 9.78 Å². The molecule has 5 heteroatoms. The number of nitrogens with zero attached hydrogens (tertiary/aromatic N) is 1. The van der Waals surface area contributed by atoms with Gasteiger partial charge in [-0.15, -0.1) is 0 Å². The minimum Gasteiger partial charge on any atom is -0.480 e. The van der Waals surface area contributed by atoms with E-state index in [1.807, 2.05) is 6.07 Å². The smallest absolute Gasteiger partial charge is 0.320 e. The topological polar surface area (TPSA) is 102 Å². The Balaban J connectivity index is 2.71. The normalized spacial score (nSPS) is 12.4. The molecule has 1 aromatic rings. The molecule has 0 spiro atoms. The Labute approximate surface area is 81.7 Å². The molecule has 0 aliphatic carbocycles. The van der Waals surface area contributed by atoms with Crippen LogP contribution >= 0.6 is 0 Å². The second-order valence-corrected chi connectivity index (χ2v) is 3.05. The number of aliphatic carboxylic acids is 1. The summed E-state index contributed by atoms with van der Waals surface area (Å²) in [5.74, 6) is -1.01. The average Bonchev–Trinajstić information content (AvgIpc) is 2.18. The molecule has 0 aliphatic heterocycles. The summed E-state index contributed by atoms with van der Waals surface area (Å²) in [6, 6.07) is 0.931. The molecule has 0 bridgehead atoms. The number of carbonyl (C=O) groups is 1. The van der Waals surface area contributed by atoms with Crippen LogP contribution in [0.15, 0.2) is 18.5 Å². The summed E-state index contributed by atoms with van der Waals surface area (Å²) in [5, 5.41) is 8.60. The molecule has 1 atom stereocenters. The fourth-order valence-electron chi connectivity index (χ4n) is 1.11. The average molecular weight is 195 g/mol. The minimum absolute atomic E-state index is 0.274. The summed E-state index contributed by atoms with van der Waals surface area (Å²) in [4.78, 5) is 14.4. The highest BCUT2D eigenvalue weighted by atomic mass is 16.4.